The van der Waals surface area contributed by atoms with E-state index in [0.717, 1.165) is 5.69 Å². The molecule has 0 atom stereocenters. The summed E-state index contributed by atoms with van der Waals surface area (Å²) in [6, 6.07) is 8.00. The van der Waals surface area contributed by atoms with E-state index in [2.05, 4.69) is 48.3 Å². The summed E-state index contributed by atoms with van der Waals surface area (Å²) in [4.78, 5) is 1.41. The Labute approximate surface area is 100 Å². The third-order valence-corrected chi connectivity index (χ3v) is 2.56. The van der Waals surface area contributed by atoms with E-state index in [-0.39, 0.29) is 12.0 Å². The van der Waals surface area contributed by atoms with Crippen LogP contribution in [0.15, 0.2) is 24.3 Å². The number of hydrogen-bond acceptors (Lipinski definition) is 4. The Morgan fingerprint density at radius 1 is 1.18 bits per heavy atom. The fraction of sp³-hybridized carbons (Fsp3) is 0.417. The van der Waals surface area contributed by atoms with E-state index in [1.807, 2.05) is 12.1 Å². The SMILES string of the molecule is CC(C)(C)c1ccc(-n2nnc(CO)n2)cc1. The molecule has 0 saturated carbocycles. The Morgan fingerprint density at radius 2 is 1.82 bits per heavy atom. The molecule has 0 bridgehead atoms. The molecule has 0 unspecified atom stereocenters. The lowest BCUT2D eigenvalue weighted by Crippen LogP contribution is -2.11. The first kappa shape index (κ1) is 11.7. The van der Waals surface area contributed by atoms with Crippen molar-refractivity contribution in [1.29, 1.82) is 0 Å². The lowest BCUT2D eigenvalue weighted by Gasteiger charge is -2.18. The number of benzene rings is 1. The Hall–Kier alpha value is -1.75. The van der Waals surface area contributed by atoms with E-state index in [1.54, 1.807) is 0 Å². The fourth-order valence-electron chi connectivity index (χ4n) is 1.51. The van der Waals surface area contributed by atoms with Crippen LogP contribution < -0.4 is 0 Å². The minimum absolute atomic E-state index is 0.130. The highest BCUT2D eigenvalue weighted by Gasteiger charge is 2.13. The van der Waals surface area contributed by atoms with Gasteiger partial charge < -0.3 is 5.11 Å². The first-order valence-corrected chi connectivity index (χ1v) is 5.51. The third kappa shape index (κ3) is 2.50. The van der Waals surface area contributed by atoms with Gasteiger partial charge in [0.2, 0.25) is 5.82 Å². The van der Waals surface area contributed by atoms with Gasteiger partial charge in [0.1, 0.15) is 6.61 Å². The summed E-state index contributed by atoms with van der Waals surface area (Å²) in [6.07, 6.45) is 0. The van der Waals surface area contributed by atoms with Crippen LogP contribution in [0.5, 0.6) is 0 Å². The molecule has 90 valence electrons. The number of tetrazole rings is 1. The minimum Gasteiger partial charge on any atom is -0.388 e. The molecule has 0 spiro atoms. The predicted octanol–water partition coefficient (Wildman–Crippen LogP) is 1.45. The fourth-order valence-corrected chi connectivity index (χ4v) is 1.51. The largest absolute Gasteiger partial charge is 0.388 e. The number of aliphatic hydroxyl groups excluding tert-OH is 1. The molecule has 2 rings (SSSR count). The van der Waals surface area contributed by atoms with Crippen molar-refractivity contribution in [3.8, 4) is 5.69 Å². The molecule has 17 heavy (non-hydrogen) atoms. The molecule has 0 saturated heterocycles. The standard InChI is InChI=1S/C12H16N4O/c1-12(2,3)9-4-6-10(7-5-9)16-14-11(8-17)13-15-16/h4-7,17H,8H2,1-3H3. The average molecular weight is 232 g/mol. The molecule has 2 aromatic rings. The van der Waals surface area contributed by atoms with Crippen molar-refractivity contribution in [3.05, 3.63) is 35.7 Å². The molecular formula is C12H16N4O. The van der Waals surface area contributed by atoms with Crippen molar-refractivity contribution in [2.75, 3.05) is 0 Å². The summed E-state index contributed by atoms with van der Waals surface area (Å²) in [5, 5.41) is 20.5. The van der Waals surface area contributed by atoms with E-state index < -0.39 is 0 Å². The van der Waals surface area contributed by atoms with Gasteiger partial charge in [0, 0.05) is 0 Å². The smallest absolute Gasteiger partial charge is 0.200 e. The zero-order valence-corrected chi connectivity index (χ0v) is 10.3. The molecular weight excluding hydrogens is 216 g/mol. The van der Waals surface area contributed by atoms with Crippen molar-refractivity contribution in [2.24, 2.45) is 0 Å². The minimum atomic E-state index is -0.194. The quantitative estimate of drug-likeness (QED) is 0.851. The van der Waals surface area contributed by atoms with Gasteiger partial charge in [-0.1, -0.05) is 32.9 Å². The molecule has 1 N–H and O–H groups in total. The van der Waals surface area contributed by atoms with Crippen LogP contribution in [0.25, 0.3) is 5.69 Å². The Bertz CT molecular complexity index is 496. The lowest BCUT2D eigenvalue weighted by molar-refractivity contribution is 0.271. The molecule has 1 heterocycles. The Kier molecular flexibility index (Phi) is 2.93. The molecule has 0 fully saturated rings. The topological polar surface area (TPSA) is 63.8 Å². The van der Waals surface area contributed by atoms with Gasteiger partial charge in [0.05, 0.1) is 5.69 Å². The maximum atomic E-state index is 8.87. The first-order valence-electron chi connectivity index (χ1n) is 5.51. The van der Waals surface area contributed by atoms with Gasteiger partial charge in [-0.2, -0.15) is 0 Å². The highest BCUT2D eigenvalue weighted by molar-refractivity contribution is 5.35. The van der Waals surface area contributed by atoms with Gasteiger partial charge >= 0.3 is 0 Å². The highest BCUT2D eigenvalue weighted by atomic mass is 16.3. The van der Waals surface area contributed by atoms with Crippen LogP contribution in [0.3, 0.4) is 0 Å². The van der Waals surface area contributed by atoms with Crippen molar-refractivity contribution in [3.63, 3.8) is 0 Å². The zero-order valence-electron chi connectivity index (χ0n) is 10.3. The normalized spacial score (nSPS) is 11.8. The Morgan fingerprint density at radius 3 is 2.29 bits per heavy atom. The van der Waals surface area contributed by atoms with Gasteiger partial charge in [-0.05, 0) is 28.3 Å². The van der Waals surface area contributed by atoms with Crippen LogP contribution in [-0.2, 0) is 12.0 Å². The number of hydrogen-bond donors (Lipinski definition) is 1. The van der Waals surface area contributed by atoms with Crippen LogP contribution >= 0.6 is 0 Å². The van der Waals surface area contributed by atoms with E-state index >= 15 is 0 Å². The van der Waals surface area contributed by atoms with Crippen molar-refractivity contribution in [2.45, 2.75) is 32.8 Å². The molecule has 0 amide bonds. The number of nitrogens with zero attached hydrogens (tertiary/aromatic N) is 4. The van der Waals surface area contributed by atoms with Crippen LogP contribution in [0.2, 0.25) is 0 Å². The monoisotopic (exact) mass is 232 g/mol. The summed E-state index contributed by atoms with van der Waals surface area (Å²) in [5.41, 5.74) is 2.22. The summed E-state index contributed by atoms with van der Waals surface area (Å²) >= 11 is 0. The molecule has 5 heteroatoms. The zero-order chi connectivity index (χ0) is 12.5. The molecule has 0 aliphatic heterocycles. The molecule has 1 aromatic heterocycles. The summed E-state index contributed by atoms with van der Waals surface area (Å²) in [5.74, 6) is 0.324. The number of aliphatic hydroxyl groups is 1. The molecule has 0 aliphatic rings. The van der Waals surface area contributed by atoms with E-state index in [9.17, 15) is 0 Å². The maximum Gasteiger partial charge on any atom is 0.200 e. The van der Waals surface area contributed by atoms with E-state index in [1.165, 1.54) is 10.4 Å². The molecule has 5 nitrogen and oxygen atoms in total. The molecule has 1 aromatic carbocycles. The van der Waals surface area contributed by atoms with Gasteiger partial charge in [-0.25, -0.2) is 0 Å². The molecule has 0 radical (unpaired) electrons. The van der Waals surface area contributed by atoms with Crippen molar-refractivity contribution >= 4 is 0 Å². The van der Waals surface area contributed by atoms with Crippen LogP contribution in [-0.4, -0.2) is 25.3 Å². The molecule has 0 aliphatic carbocycles. The number of aromatic nitrogens is 4. The van der Waals surface area contributed by atoms with Gasteiger partial charge in [0.15, 0.2) is 0 Å². The summed E-state index contributed by atoms with van der Waals surface area (Å²) < 4.78 is 0. The highest BCUT2D eigenvalue weighted by Crippen LogP contribution is 2.22. The van der Waals surface area contributed by atoms with Gasteiger partial charge in [0.25, 0.3) is 0 Å². The predicted molar refractivity (Wildman–Crippen MR) is 63.8 cm³/mol. The first-order chi connectivity index (χ1) is 8.00. The van der Waals surface area contributed by atoms with Crippen LogP contribution in [0, 0.1) is 0 Å². The van der Waals surface area contributed by atoms with E-state index in [4.69, 9.17) is 5.11 Å². The third-order valence-electron chi connectivity index (χ3n) is 2.56. The van der Waals surface area contributed by atoms with Gasteiger partial charge in [-0.3, -0.25) is 0 Å². The second kappa shape index (κ2) is 4.25. The van der Waals surface area contributed by atoms with Crippen molar-refractivity contribution in [1.82, 2.24) is 20.2 Å². The van der Waals surface area contributed by atoms with Crippen molar-refractivity contribution < 1.29 is 5.11 Å². The van der Waals surface area contributed by atoms with Crippen LogP contribution in [0.1, 0.15) is 32.2 Å². The maximum absolute atomic E-state index is 8.87. The van der Waals surface area contributed by atoms with Crippen LogP contribution in [0.4, 0.5) is 0 Å². The second-order valence-corrected chi connectivity index (χ2v) is 4.95. The summed E-state index contributed by atoms with van der Waals surface area (Å²) in [6.45, 7) is 6.30. The summed E-state index contributed by atoms with van der Waals surface area (Å²) in [7, 11) is 0. The van der Waals surface area contributed by atoms with Gasteiger partial charge in [-0.15, -0.1) is 15.0 Å². The van der Waals surface area contributed by atoms with E-state index in [0.29, 0.717) is 5.82 Å². The lowest BCUT2D eigenvalue weighted by atomic mass is 9.87. The average Bonchev–Trinajstić information content (AvgIpc) is 2.76. The number of rotatable bonds is 2. The Balaban J connectivity index is 2.29. The second-order valence-electron chi connectivity index (χ2n) is 4.95.